The van der Waals surface area contributed by atoms with Crippen LogP contribution in [0.4, 0.5) is 5.69 Å². The van der Waals surface area contributed by atoms with E-state index in [1.807, 2.05) is 4.72 Å². The Kier molecular flexibility index (Phi) is 5.59. The second-order valence-electron chi connectivity index (χ2n) is 5.82. The average Bonchev–Trinajstić information content (AvgIpc) is 3.14. The summed E-state index contributed by atoms with van der Waals surface area (Å²) in [6, 6.07) is 9.85. The van der Waals surface area contributed by atoms with Crippen LogP contribution in [-0.4, -0.2) is 37.8 Å². The summed E-state index contributed by atoms with van der Waals surface area (Å²) in [6.45, 7) is 0.523. The maximum atomic E-state index is 12.2. The van der Waals surface area contributed by atoms with E-state index in [4.69, 9.17) is 9.15 Å². The second-order valence-corrected chi connectivity index (χ2v) is 7.50. The number of anilines is 1. The van der Waals surface area contributed by atoms with E-state index in [1.165, 1.54) is 36.7 Å². The molecule has 2 aromatic carbocycles. The number of nitrogens with zero attached hydrogens (tertiary/aromatic N) is 1. The maximum absolute atomic E-state index is 12.2. The van der Waals surface area contributed by atoms with Gasteiger partial charge < -0.3 is 14.5 Å². The molecule has 0 saturated carbocycles. The molecule has 0 atom stereocenters. The number of carbonyl (C=O) groups excluding carboxylic acids is 3. The van der Waals surface area contributed by atoms with E-state index < -0.39 is 34.4 Å². The lowest BCUT2D eigenvalue weighted by atomic mass is 10.2. The number of fused-ring (bicyclic) bond motifs is 1. The van der Waals surface area contributed by atoms with Crippen molar-refractivity contribution < 1.29 is 32.0 Å². The highest BCUT2D eigenvalue weighted by molar-refractivity contribution is 7.90. The summed E-state index contributed by atoms with van der Waals surface area (Å²) in [4.78, 5) is 38.9. The lowest BCUT2D eigenvalue weighted by Crippen LogP contribution is -2.28. The van der Waals surface area contributed by atoms with Gasteiger partial charge in [0.25, 0.3) is 15.9 Å². The third-order valence-corrected chi connectivity index (χ3v) is 5.09. The molecule has 0 radical (unpaired) electrons. The zero-order valence-corrected chi connectivity index (χ0v) is 15.9. The molecule has 11 heteroatoms. The molecule has 1 heterocycles. The number of benzene rings is 2. The summed E-state index contributed by atoms with van der Waals surface area (Å²) in [6.07, 6.45) is 1.20. The Balaban J connectivity index is 1.59. The molecule has 0 bridgehead atoms. The number of rotatable bonds is 6. The summed E-state index contributed by atoms with van der Waals surface area (Å²) in [7, 11) is -3.97. The van der Waals surface area contributed by atoms with Gasteiger partial charge in [0.15, 0.2) is 18.6 Å². The van der Waals surface area contributed by atoms with Crippen LogP contribution in [0.5, 0.6) is 0 Å². The van der Waals surface area contributed by atoms with Crippen molar-refractivity contribution in [3.63, 3.8) is 0 Å². The number of amides is 2. The Hall–Kier alpha value is -3.73. The molecule has 0 aliphatic carbocycles. The molecule has 0 spiro atoms. The molecule has 0 fully saturated rings. The first-order chi connectivity index (χ1) is 13.8. The molecule has 1 aromatic heterocycles. The number of aromatic nitrogens is 1. The first-order valence-electron chi connectivity index (χ1n) is 8.19. The van der Waals surface area contributed by atoms with E-state index in [1.54, 1.807) is 12.1 Å². The SMILES string of the molecule is CC(=O)NS(=O)(=O)c1ccc(NC(=O)COC(=O)c2cccc3ocnc23)cc1. The van der Waals surface area contributed by atoms with Gasteiger partial charge in [-0.05, 0) is 36.4 Å². The van der Waals surface area contributed by atoms with Crippen molar-refractivity contribution in [2.45, 2.75) is 11.8 Å². The molecule has 10 nitrogen and oxygen atoms in total. The highest BCUT2D eigenvalue weighted by atomic mass is 32.2. The molecule has 0 unspecified atom stereocenters. The number of esters is 1. The Morgan fingerprint density at radius 1 is 1.10 bits per heavy atom. The van der Waals surface area contributed by atoms with Crippen molar-refractivity contribution in [1.82, 2.24) is 9.71 Å². The van der Waals surface area contributed by atoms with Gasteiger partial charge in [-0.2, -0.15) is 0 Å². The topological polar surface area (TPSA) is 145 Å². The standard InChI is InChI=1S/C18H15N3O7S/c1-11(22)21-29(25,26)13-7-5-12(6-8-13)20-16(23)9-27-18(24)14-3-2-4-15-17(14)19-10-28-15/h2-8,10H,9H2,1H3,(H,20,23)(H,21,22). The maximum Gasteiger partial charge on any atom is 0.340 e. The van der Waals surface area contributed by atoms with Crippen molar-refractivity contribution in [1.29, 1.82) is 0 Å². The Morgan fingerprint density at radius 2 is 1.83 bits per heavy atom. The predicted octanol–water partition coefficient (Wildman–Crippen LogP) is 1.45. The van der Waals surface area contributed by atoms with Crippen LogP contribution in [0.15, 0.2) is 58.2 Å². The zero-order valence-electron chi connectivity index (χ0n) is 15.0. The molecule has 2 N–H and O–H groups in total. The van der Waals surface area contributed by atoms with Crippen LogP contribution in [-0.2, 0) is 24.3 Å². The number of carbonyl (C=O) groups is 3. The molecule has 2 amide bonds. The van der Waals surface area contributed by atoms with E-state index >= 15 is 0 Å². The lowest BCUT2D eigenvalue weighted by Gasteiger charge is -2.08. The van der Waals surface area contributed by atoms with Gasteiger partial charge in [0, 0.05) is 12.6 Å². The lowest BCUT2D eigenvalue weighted by molar-refractivity contribution is -0.119. The molecule has 3 rings (SSSR count). The van der Waals surface area contributed by atoms with Gasteiger partial charge in [-0.3, -0.25) is 9.59 Å². The summed E-state index contributed by atoms with van der Waals surface area (Å²) in [5.41, 5.74) is 1.19. The van der Waals surface area contributed by atoms with Crippen LogP contribution in [0.2, 0.25) is 0 Å². The van der Waals surface area contributed by atoms with Crippen molar-refractivity contribution in [3.05, 3.63) is 54.4 Å². The fourth-order valence-corrected chi connectivity index (χ4v) is 3.41. The normalized spacial score (nSPS) is 11.1. The summed E-state index contributed by atoms with van der Waals surface area (Å²) >= 11 is 0. The van der Waals surface area contributed by atoms with Gasteiger partial charge in [-0.25, -0.2) is 22.9 Å². The summed E-state index contributed by atoms with van der Waals surface area (Å²) in [5.74, 6) is -2.08. The van der Waals surface area contributed by atoms with Gasteiger partial charge in [0.05, 0.1) is 10.5 Å². The number of nitrogens with one attached hydrogen (secondary N) is 2. The fraction of sp³-hybridized carbons (Fsp3) is 0.111. The molecule has 0 aliphatic heterocycles. The van der Waals surface area contributed by atoms with Crippen molar-refractivity contribution in [2.75, 3.05) is 11.9 Å². The van der Waals surface area contributed by atoms with Gasteiger partial charge in [0.1, 0.15) is 5.52 Å². The van der Waals surface area contributed by atoms with Crippen molar-refractivity contribution >= 4 is 44.6 Å². The average molecular weight is 417 g/mol. The van der Waals surface area contributed by atoms with Crippen LogP contribution in [0.25, 0.3) is 11.1 Å². The first-order valence-corrected chi connectivity index (χ1v) is 9.67. The molecule has 3 aromatic rings. The van der Waals surface area contributed by atoms with Crippen molar-refractivity contribution in [3.8, 4) is 0 Å². The van der Waals surface area contributed by atoms with Crippen LogP contribution in [0.1, 0.15) is 17.3 Å². The third-order valence-electron chi connectivity index (χ3n) is 3.64. The number of oxazole rings is 1. The van der Waals surface area contributed by atoms with E-state index in [0.717, 1.165) is 6.92 Å². The third kappa shape index (κ3) is 4.76. The first kappa shape index (κ1) is 20.0. The van der Waals surface area contributed by atoms with E-state index in [9.17, 15) is 22.8 Å². The number of hydrogen-bond donors (Lipinski definition) is 2. The molecular formula is C18H15N3O7S. The highest BCUT2D eigenvalue weighted by Gasteiger charge is 2.17. The van der Waals surface area contributed by atoms with E-state index in [-0.39, 0.29) is 16.1 Å². The van der Waals surface area contributed by atoms with Crippen LogP contribution in [0.3, 0.4) is 0 Å². The predicted molar refractivity (Wildman–Crippen MR) is 100 cm³/mol. The molecule has 29 heavy (non-hydrogen) atoms. The number of ether oxygens (including phenoxy) is 1. The van der Waals surface area contributed by atoms with Crippen LogP contribution in [0, 0.1) is 0 Å². The van der Waals surface area contributed by atoms with E-state index in [2.05, 4.69) is 10.3 Å². The Morgan fingerprint density at radius 3 is 2.52 bits per heavy atom. The number of hydrogen-bond acceptors (Lipinski definition) is 8. The second kappa shape index (κ2) is 8.10. The largest absolute Gasteiger partial charge is 0.452 e. The van der Waals surface area contributed by atoms with Crippen molar-refractivity contribution in [2.24, 2.45) is 0 Å². The molecule has 150 valence electrons. The van der Waals surface area contributed by atoms with Crippen LogP contribution >= 0.6 is 0 Å². The zero-order chi connectivity index (χ0) is 21.0. The Bertz CT molecular complexity index is 1180. The molecule has 0 saturated heterocycles. The van der Waals surface area contributed by atoms with Gasteiger partial charge >= 0.3 is 5.97 Å². The van der Waals surface area contributed by atoms with Gasteiger partial charge in [-0.1, -0.05) is 6.07 Å². The number of sulfonamides is 1. The van der Waals surface area contributed by atoms with Gasteiger partial charge in [-0.15, -0.1) is 0 Å². The molecule has 0 aliphatic rings. The van der Waals surface area contributed by atoms with E-state index in [0.29, 0.717) is 11.1 Å². The number of para-hydroxylation sites is 1. The van der Waals surface area contributed by atoms with Gasteiger partial charge in [0.2, 0.25) is 5.91 Å². The molecular weight excluding hydrogens is 402 g/mol. The summed E-state index contributed by atoms with van der Waals surface area (Å²) in [5, 5.41) is 2.47. The smallest absolute Gasteiger partial charge is 0.340 e. The minimum absolute atomic E-state index is 0.141. The summed E-state index contributed by atoms with van der Waals surface area (Å²) < 4.78 is 35.7. The van der Waals surface area contributed by atoms with Crippen LogP contribution < -0.4 is 10.0 Å². The minimum Gasteiger partial charge on any atom is -0.452 e. The fourth-order valence-electron chi connectivity index (χ4n) is 2.42. The quantitative estimate of drug-likeness (QED) is 0.573. The Labute approximate surface area is 164 Å². The monoisotopic (exact) mass is 417 g/mol. The minimum atomic E-state index is -3.97. The highest BCUT2D eigenvalue weighted by Crippen LogP contribution is 2.18.